The summed E-state index contributed by atoms with van der Waals surface area (Å²) in [6.45, 7) is 8.15. The van der Waals surface area contributed by atoms with Gasteiger partial charge in [0.15, 0.2) is 11.5 Å². The van der Waals surface area contributed by atoms with Crippen LogP contribution in [0.2, 0.25) is 0 Å². The lowest BCUT2D eigenvalue weighted by atomic mass is 9.77. The molecule has 9 heteroatoms. The molecular weight excluding hydrogens is 462 g/mol. The van der Waals surface area contributed by atoms with E-state index in [1.807, 2.05) is 28.9 Å². The molecule has 0 unspecified atom stereocenters. The lowest BCUT2D eigenvalue weighted by Crippen LogP contribution is -2.45. The summed E-state index contributed by atoms with van der Waals surface area (Å²) in [7, 11) is 4.73. The molecule has 194 valence electrons. The Balaban J connectivity index is 1.42. The Morgan fingerprint density at radius 3 is 2.08 bits per heavy atom. The summed E-state index contributed by atoms with van der Waals surface area (Å²) in [4.78, 5) is 30.2. The van der Waals surface area contributed by atoms with Crippen molar-refractivity contribution in [2.45, 2.75) is 40.0 Å². The first-order chi connectivity index (χ1) is 17.2. The van der Waals surface area contributed by atoms with Gasteiger partial charge in [-0.1, -0.05) is 5.16 Å². The number of carbonyl (C=O) groups is 2. The van der Waals surface area contributed by atoms with Crippen molar-refractivity contribution in [2.75, 3.05) is 47.5 Å². The zero-order valence-corrected chi connectivity index (χ0v) is 22.0. The van der Waals surface area contributed by atoms with Crippen molar-refractivity contribution in [3.05, 3.63) is 40.3 Å². The molecule has 2 fully saturated rings. The number of likely N-dealkylation sites (tertiary alicyclic amines) is 2. The van der Waals surface area contributed by atoms with Gasteiger partial charge < -0.3 is 28.5 Å². The van der Waals surface area contributed by atoms with Crippen LogP contribution in [0.1, 0.15) is 53.6 Å². The highest BCUT2D eigenvalue weighted by Gasteiger charge is 2.43. The molecular formula is C27H35N3O6. The van der Waals surface area contributed by atoms with Crippen molar-refractivity contribution in [2.24, 2.45) is 5.41 Å². The van der Waals surface area contributed by atoms with Crippen molar-refractivity contribution in [3.8, 4) is 17.2 Å². The maximum absolute atomic E-state index is 13.3. The minimum Gasteiger partial charge on any atom is -0.496 e. The van der Waals surface area contributed by atoms with E-state index in [-0.39, 0.29) is 17.2 Å². The highest BCUT2D eigenvalue weighted by atomic mass is 16.5. The Hall–Kier alpha value is -3.49. The number of amides is 2. The van der Waals surface area contributed by atoms with E-state index in [1.165, 1.54) is 0 Å². The molecule has 2 amide bonds. The lowest BCUT2D eigenvalue weighted by molar-refractivity contribution is -0.126. The number of methoxy groups -OCH3 is 3. The summed E-state index contributed by atoms with van der Waals surface area (Å²) in [5.74, 6) is 2.29. The zero-order valence-electron chi connectivity index (χ0n) is 22.0. The molecule has 1 spiro atoms. The standard InChI is InChI=1S/C27H35N3O6/c1-17(13-20-14-22(34-5)23(35-6)15-21(20)33-4)25(31)30-12-9-27(16-30)7-10-29(11-8-27)26(32)24-18(2)28-36-19(24)3/h13-15H,7-12,16H2,1-6H3. The average Bonchev–Trinajstić information content (AvgIpc) is 3.45. The maximum atomic E-state index is 13.3. The van der Waals surface area contributed by atoms with Crippen LogP contribution in [0.25, 0.3) is 6.08 Å². The van der Waals surface area contributed by atoms with E-state index in [0.29, 0.717) is 66.0 Å². The van der Waals surface area contributed by atoms with Crippen molar-refractivity contribution in [1.29, 1.82) is 0 Å². The molecule has 36 heavy (non-hydrogen) atoms. The molecule has 2 aliphatic rings. The fourth-order valence-corrected chi connectivity index (χ4v) is 5.36. The van der Waals surface area contributed by atoms with Crippen molar-refractivity contribution in [1.82, 2.24) is 15.0 Å². The van der Waals surface area contributed by atoms with E-state index in [0.717, 1.165) is 24.8 Å². The van der Waals surface area contributed by atoms with Gasteiger partial charge in [-0.2, -0.15) is 0 Å². The molecule has 3 heterocycles. The Bertz CT molecular complexity index is 1160. The van der Waals surface area contributed by atoms with Gasteiger partial charge in [0.25, 0.3) is 5.91 Å². The maximum Gasteiger partial charge on any atom is 0.259 e. The smallest absolute Gasteiger partial charge is 0.259 e. The summed E-state index contributed by atoms with van der Waals surface area (Å²) in [6.07, 6.45) is 4.52. The highest BCUT2D eigenvalue weighted by Crippen LogP contribution is 2.41. The topological polar surface area (TPSA) is 94.3 Å². The van der Waals surface area contributed by atoms with Gasteiger partial charge in [0.2, 0.25) is 5.91 Å². The number of carbonyl (C=O) groups excluding carboxylic acids is 2. The highest BCUT2D eigenvalue weighted by molar-refractivity contribution is 5.98. The Morgan fingerprint density at radius 2 is 1.53 bits per heavy atom. The summed E-state index contributed by atoms with van der Waals surface area (Å²) in [5.41, 5.74) is 2.63. The van der Waals surface area contributed by atoms with E-state index in [2.05, 4.69) is 5.16 Å². The molecule has 0 N–H and O–H groups in total. The molecule has 0 aliphatic carbocycles. The van der Waals surface area contributed by atoms with Crippen LogP contribution in [0, 0.1) is 19.3 Å². The molecule has 1 aromatic heterocycles. The molecule has 0 saturated carbocycles. The minimum absolute atomic E-state index is 0.0120. The predicted octanol–water partition coefficient (Wildman–Crippen LogP) is 3.88. The number of aryl methyl sites for hydroxylation is 2. The fraction of sp³-hybridized carbons (Fsp3) is 0.519. The molecule has 0 radical (unpaired) electrons. The molecule has 2 aromatic rings. The normalized spacial score (nSPS) is 17.4. The first-order valence-electron chi connectivity index (χ1n) is 12.2. The summed E-state index contributed by atoms with van der Waals surface area (Å²) >= 11 is 0. The SMILES string of the molecule is COc1cc(OC)c(OC)cc1C=C(C)C(=O)N1CCC2(CCN(C(=O)c3c(C)noc3C)CC2)C1. The van der Waals surface area contributed by atoms with Gasteiger partial charge in [-0.25, -0.2) is 0 Å². The first-order valence-corrected chi connectivity index (χ1v) is 12.2. The number of piperidine rings is 1. The number of nitrogens with zero attached hydrogens (tertiary/aromatic N) is 3. The van der Waals surface area contributed by atoms with Crippen LogP contribution >= 0.6 is 0 Å². The monoisotopic (exact) mass is 497 g/mol. The van der Waals surface area contributed by atoms with Crippen LogP contribution in [0.15, 0.2) is 22.2 Å². The van der Waals surface area contributed by atoms with Gasteiger partial charge in [0.1, 0.15) is 17.1 Å². The van der Waals surface area contributed by atoms with Crippen molar-refractivity contribution < 1.29 is 28.3 Å². The number of benzene rings is 1. The van der Waals surface area contributed by atoms with Gasteiger partial charge in [-0.05, 0) is 57.6 Å². The van der Waals surface area contributed by atoms with Crippen molar-refractivity contribution >= 4 is 17.9 Å². The van der Waals surface area contributed by atoms with Gasteiger partial charge in [-0.3, -0.25) is 9.59 Å². The second-order valence-electron chi connectivity index (χ2n) is 9.74. The molecule has 0 bridgehead atoms. The first kappa shape index (κ1) is 25.6. The summed E-state index contributed by atoms with van der Waals surface area (Å²) < 4.78 is 21.5. The summed E-state index contributed by atoms with van der Waals surface area (Å²) in [6, 6.07) is 3.57. The number of rotatable bonds is 6. The van der Waals surface area contributed by atoms with Crippen LogP contribution < -0.4 is 14.2 Å². The molecule has 1 aromatic carbocycles. The van der Waals surface area contributed by atoms with Gasteiger partial charge in [0, 0.05) is 43.4 Å². The number of aromatic nitrogens is 1. The minimum atomic E-state index is -0.0188. The quantitative estimate of drug-likeness (QED) is 0.559. The molecule has 4 rings (SSSR count). The number of hydrogen-bond donors (Lipinski definition) is 0. The second-order valence-corrected chi connectivity index (χ2v) is 9.74. The second kappa shape index (κ2) is 10.2. The predicted molar refractivity (Wildman–Crippen MR) is 134 cm³/mol. The van der Waals surface area contributed by atoms with Crippen LogP contribution in [-0.4, -0.2) is 74.3 Å². The zero-order chi connectivity index (χ0) is 26.0. The Kier molecular flexibility index (Phi) is 7.28. The third kappa shape index (κ3) is 4.79. The molecule has 0 atom stereocenters. The Labute approximate surface area is 212 Å². The van der Waals surface area contributed by atoms with E-state index in [4.69, 9.17) is 18.7 Å². The Morgan fingerprint density at radius 1 is 0.944 bits per heavy atom. The third-order valence-corrected chi connectivity index (χ3v) is 7.53. The van der Waals surface area contributed by atoms with Crippen molar-refractivity contribution in [3.63, 3.8) is 0 Å². The average molecular weight is 498 g/mol. The molecule has 9 nitrogen and oxygen atoms in total. The third-order valence-electron chi connectivity index (χ3n) is 7.53. The molecule has 2 aliphatic heterocycles. The largest absolute Gasteiger partial charge is 0.496 e. The van der Waals surface area contributed by atoms with Crippen LogP contribution in [-0.2, 0) is 4.79 Å². The van der Waals surface area contributed by atoms with E-state index in [9.17, 15) is 9.59 Å². The number of hydrogen-bond acceptors (Lipinski definition) is 7. The lowest BCUT2D eigenvalue weighted by Gasteiger charge is -2.39. The summed E-state index contributed by atoms with van der Waals surface area (Å²) in [5, 5.41) is 3.91. The van der Waals surface area contributed by atoms with Gasteiger partial charge >= 0.3 is 0 Å². The van der Waals surface area contributed by atoms with E-state index >= 15 is 0 Å². The van der Waals surface area contributed by atoms with E-state index in [1.54, 1.807) is 41.2 Å². The van der Waals surface area contributed by atoms with Gasteiger partial charge in [-0.15, -0.1) is 0 Å². The molecule has 2 saturated heterocycles. The van der Waals surface area contributed by atoms with Crippen LogP contribution in [0.5, 0.6) is 17.2 Å². The van der Waals surface area contributed by atoms with Crippen LogP contribution in [0.3, 0.4) is 0 Å². The van der Waals surface area contributed by atoms with Gasteiger partial charge in [0.05, 0.1) is 27.0 Å². The van der Waals surface area contributed by atoms with Crippen LogP contribution in [0.4, 0.5) is 0 Å². The fourth-order valence-electron chi connectivity index (χ4n) is 5.36. The number of ether oxygens (including phenoxy) is 3. The van der Waals surface area contributed by atoms with E-state index < -0.39 is 0 Å².